The van der Waals surface area contributed by atoms with Crippen LogP contribution in [0.1, 0.15) is 37.7 Å². The Bertz CT molecular complexity index is 482. The summed E-state index contributed by atoms with van der Waals surface area (Å²) in [7, 11) is 1.29. The number of nitrogens with zero attached hydrogens (tertiary/aromatic N) is 2. The fourth-order valence-electron chi connectivity index (χ4n) is 1.83. The monoisotopic (exact) mass is 282 g/mol. The van der Waals surface area contributed by atoms with Crippen LogP contribution in [0.2, 0.25) is 0 Å². The number of nitrogen functional groups attached to an aromatic ring is 1. The van der Waals surface area contributed by atoms with Crippen molar-refractivity contribution in [2.75, 3.05) is 12.8 Å². The lowest BCUT2D eigenvalue weighted by Gasteiger charge is -2.17. The van der Waals surface area contributed by atoms with Crippen molar-refractivity contribution in [3.05, 3.63) is 11.9 Å². The van der Waals surface area contributed by atoms with Crippen molar-refractivity contribution >= 4 is 17.6 Å². The van der Waals surface area contributed by atoms with Crippen molar-refractivity contribution in [3.8, 4) is 0 Å². The van der Waals surface area contributed by atoms with Crippen molar-refractivity contribution in [3.63, 3.8) is 0 Å². The molecule has 7 nitrogen and oxygen atoms in total. The number of rotatable bonds is 6. The van der Waals surface area contributed by atoms with Crippen molar-refractivity contribution in [2.45, 2.75) is 39.8 Å². The van der Waals surface area contributed by atoms with Gasteiger partial charge >= 0.3 is 5.97 Å². The molecule has 0 fully saturated rings. The molecule has 0 bridgehead atoms. The van der Waals surface area contributed by atoms with Crippen molar-refractivity contribution < 1.29 is 14.3 Å². The molecular formula is C13H22N4O3. The van der Waals surface area contributed by atoms with Crippen LogP contribution in [0.3, 0.4) is 0 Å². The van der Waals surface area contributed by atoms with Gasteiger partial charge in [0, 0.05) is 12.7 Å². The summed E-state index contributed by atoms with van der Waals surface area (Å²) in [6.45, 7) is 6.43. The van der Waals surface area contributed by atoms with Crippen LogP contribution < -0.4 is 11.1 Å². The van der Waals surface area contributed by atoms with Crippen molar-refractivity contribution in [1.29, 1.82) is 0 Å². The number of hydrogen-bond acceptors (Lipinski definition) is 5. The van der Waals surface area contributed by atoms with Crippen LogP contribution >= 0.6 is 0 Å². The number of methoxy groups -OCH3 is 1. The van der Waals surface area contributed by atoms with Gasteiger partial charge in [-0.2, -0.15) is 5.10 Å². The third-order valence-corrected chi connectivity index (χ3v) is 2.83. The third kappa shape index (κ3) is 3.97. The number of nitrogens with one attached hydrogen (secondary N) is 1. The molecule has 0 saturated carbocycles. The highest BCUT2D eigenvalue weighted by molar-refractivity contribution is 5.99. The normalized spacial score (nSPS) is 12.2. The minimum absolute atomic E-state index is 0.129. The van der Waals surface area contributed by atoms with Gasteiger partial charge in [0.2, 0.25) is 0 Å². The number of nitrogens with two attached hydrogens (primary N) is 1. The molecule has 20 heavy (non-hydrogen) atoms. The van der Waals surface area contributed by atoms with E-state index in [4.69, 9.17) is 10.5 Å². The Morgan fingerprint density at radius 3 is 2.60 bits per heavy atom. The molecule has 0 spiro atoms. The molecule has 0 aromatic carbocycles. The number of carbonyl (C=O) groups excluding carboxylic acids is 2. The quantitative estimate of drug-likeness (QED) is 0.752. The molecule has 1 heterocycles. The molecule has 0 radical (unpaired) electrons. The summed E-state index contributed by atoms with van der Waals surface area (Å²) in [5.74, 6) is -0.698. The molecule has 1 unspecified atom stereocenters. The smallest absolute Gasteiger partial charge is 0.328 e. The maximum Gasteiger partial charge on any atom is 0.328 e. The molecule has 0 aliphatic rings. The molecule has 112 valence electrons. The van der Waals surface area contributed by atoms with Gasteiger partial charge in [0.05, 0.1) is 12.8 Å². The summed E-state index contributed by atoms with van der Waals surface area (Å²) in [6, 6.07) is -0.696. The number of ether oxygens (including phenoxy) is 1. The highest BCUT2D eigenvalue weighted by Crippen LogP contribution is 2.11. The number of esters is 1. The van der Waals surface area contributed by atoms with E-state index in [1.807, 2.05) is 20.8 Å². The summed E-state index contributed by atoms with van der Waals surface area (Å²) >= 11 is 0. The van der Waals surface area contributed by atoms with Crippen molar-refractivity contribution in [2.24, 2.45) is 5.92 Å². The average molecular weight is 282 g/mol. The minimum Gasteiger partial charge on any atom is -0.467 e. The number of hydrogen-bond donors (Lipinski definition) is 2. The maximum atomic E-state index is 12.1. The summed E-state index contributed by atoms with van der Waals surface area (Å²) in [5, 5.41) is 6.70. The topological polar surface area (TPSA) is 99.2 Å². The molecule has 3 N–H and O–H groups in total. The molecule has 7 heteroatoms. The van der Waals surface area contributed by atoms with Gasteiger partial charge in [0.25, 0.3) is 5.91 Å². The highest BCUT2D eigenvalue weighted by atomic mass is 16.5. The van der Waals surface area contributed by atoms with Gasteiger partial charge in [0.15, 0.2) is 5.69 Å². The third-order valence-electron chi connectivity index (χ3n) is 2.83. The second kappa shape index (κ2) is 6.93. The fraction of sp³-hybridized carbons (Fsp3) is 0.615. The Balaban J connectivity index is 2.84. The van der Waals surface area contributed by atoms with E-state index in [0.29, 0.717) is 13.0 Å². The highest BCUT2D eigenvalue weighted by Gasteiger charge is 2.25. The Morgan fingerprint density at radius 1 is 1.50 bits per heavy atom. The van der Waals surface area contributed by atoms with E-state index in [9.17, 15) is 9.59 Å². The molecule has 1 amide bonds. The van der Waals surface area contributed by atoms with Crippen LogP contribution in [-0.4, -0.2) is 34.8 Å². The Morgan fingerprint density at radius 2 is 2.15 bits per heavy atom. The first kappa shape index (κ1) is 16.0. The summed E-state index contributed by atoms with van der Waals surface area (Å²) in [6.07, 6.45) is 2.08. The first-order valence-corrected chi connectivity index (χ1v) is 6.60. The first-order valence-electron chi connectivity index (χ1n) is 6.60. The van der Waals surface area contributed by atoms with E-state index in [-0.39, 0.29) is 17.3 Å². The average Bonchev–Trinajstić information content (AvgIpc) is 2.77. The SMILES string of the molecule is CCn1cc(N)c(C(=O)NC(CC(C)C)C(=O)OC)n1. The van der Waals surface area contributed by atoms with Crippen LogP contribution in [0.4, 0.5) is 5.69 Å². The van der Waals surface area contributed by atoms with Gasteiger partial charge < -0.3 is 15.8 Å². The molecule has 0 aliphatic carbocycles. The zero-order valence-electron chi connectivity index (χ0n) is 12.3. The van der Waals surface area contributed by atoms with E-state index in [1.165, 1.54) is 7.11 Å². The van der Waals surface area contributed by atoms with Gasteiger partial charge in [0.1, 0.15) is 6.04 Å². The fourth-order valence-corrected chi connectivity index (χ4v) is 1.83. The lowest BCUT2D eigenvalue weighted by Crippen LogP contribution is -2.42. The van der Waals surface area contributed by atoms with E-state index < -0.39 is 17.9 Å². The van der Waals surface area contributed by atoms with Gasteiger partial charge in [-0.25, -0.2) is 4.79 Å². The first-order chi connectivity index (χ1) is 9.38. The number of carbonyl (C=O) groups is 2. The Kier molecular flexibility index (Phi) is 5.54. The van der Waals surface area contributed by atoms with Crippen LogP contribution in [0.25, 0.3) is 0 Å². The van der Waals surface area contributed by atoms with Gasteiger partial charge in [-0.15, -0.1) is 0 Å². The van der Waals surface area contributed by atoms with E-state index in [2.05, 4.69) is 10.4 Å². The molecule has 1 atom stereocenters. The van der Waals surface area contributed by atoms with Gasteiger partial charge in [-0.1, -0.05) is 13.8 Å². The maximum absolute atomic E-state index is 12.1. The Labute approximate surface area is 118 Å². The van der Waals surface area contributed by atoms with Crippen LogP contribution in [-0.2, 0) is 16.1 Å². The molecule has 1 aromatic heterocycles. The lowest BCUT2D eigenvalue weighted by molar-refractivity contribution is -0.143. The number of amides is 1. The second-order valence-electron chi connectivity index (χ2n) is 4.97. The number of aromatic nitrogens is 2. The summed E-state index contributed by atoms with van der Waals surface area (Å²) in [4.78, 5) is 23.8. The summed E-state index contributed by atoms with van der Waals surface area (Å²) in [5.41, 5.74) is 6.16. The van der Waals surface area contributed by atoms with E-state index in [1.54, 1.807) is 10.9 Å². The molecule has 1 rings (SSSR count). The molecule has 0 saturated heterocycles. The van der Waals surface area contributed by atoms with E-state index >= 15 is 0 Å². The van der Waals surface area contributed by atoms with E-state index in [0.717, 1.165) is 0 Å². The second-order valence-corrected chi connectivity index (χ2v) is 4.97. The zero-order valence-corrected chi connectivity index (χ0v) is 12.3. The number of anilines is 1. The summed E-state index contributed by atoms with van der Waals surface area (Å²) < 4.78 is 6.27. The van der Waals surface area contributed by atoms with Crippen LogP contribution in [0.15, 0.2) is 6.20 Å². The van der Waals surface area contributed by atoms with Gasteiger partial charge in [-0.05, 0) is 19.3 Å². The lowest BCUT2D eigenvalue weighted by atomic mass is 10.0. The van der Waals surface area contributed by atoms with Crippen LogP contribution in [0.5, 0.6) is 0 Å². The Hall–Kier alpha value is -2.05. The zero-order chi connectivity index (χ0) is 15.3. The largest absolute Gasteiger partial charge is 0.467 e. The number of aryl methyl sites for hydroxylation is 1. The van der Waals surface area contributed by atoms with Crippen LogP contribution in [0, 0.1) is 5.92 Å². The van der Waals surface area contributed by atoms with Gasteiger partial charge in [-0.3, -0.25) is 9.48 Å². The molecule has 0 aliphatic heterocycles. The standard InChI is InChI=1S/C13H22N4O3/c1-5-17-7-9(14)11(16-17)12(18)15-10(6-8(2)3)13(19)20-4/h7-8,10H,5-6,14H2,1-4H3,(H,15,18). The minimum atomic E-state index is -0.696. The predicted octanol–water partition coefficient (Wildman–Crippen LogP) is 0.803. The predicted molar refractivity (Wildman–Crippen MR) is 75.0 cm³/mol. The molecular weight excluding hydrogens is 260 g/mol. The van der Waals surface area contributed by atoms with Crippen molar-refractivity contribution in [1.82, 2.24) is 15.1 Å². The molecule has 1 aromatic rings.